The van der Waals surface area contributed by atoms with Gasteiger partial charge >= 0.3 is 6.09 Å². The zero-order valence-corrected chi connectivity index (χ0v) is 16.9. The average molecular weight is 397 g/mol. The van der Waals surface area contributed by atoms with Crippen molar-refractivity contribution in [1.82, 2.24) is 9.80 Å². The lowest BCUT2D eigenvalue weighted by molar-refractivity contribution is 0.0628. The lowest BCUT2D eigenvalue weighted by Crippen LogP contribution is -2.48. The second-order valence-corrected chi connectivity index (χ2v) is 6.84. The summed E-state index contributed by atoms with van der Waals surface area (Å²) in [6.07, 6.45) is -0.524. The van der Waals surface area contributed by atoms with Gasteiger partial charge in [-0.2, -0.15) is 0 Å². The van der Waals surface area contributed by atoms with E-state index in [2.05, 4.69) is 22.3 Å². The lowest BCUT2D eigenvalue weighted by atomic mass is 10.1. The highest BCUT2D eigenvalue weighted by molar-refractivity contribution is 5.96. The van der Waals surface area contributed by atoms with Crippen molar-refractivity contribution >= 4 is 17.7 Å². The van der Waals surface area contributed by atoms with Crippen molar-refractivity contribution in [3.8, 4) is 5.75 Å². The number of piperazine rings is 1. The number of carbonyl (C=O) groups is 2. The van der Waals surface area contributed by atoms with Gasteiger partial charge in [-0.05, 0) is 42.8 Å². The number of nitrogens with one attached hydrogen (secondary N) is 1. The largest absolute Gasteiger partial charge is 0.497 e. The second kappa shape index (κ2) is 9.93. The molecule has 29 heavy (non-hydrogen) atoms. The Morgan fingerprint density at radius 2 is 1.76 bits per heavy atom. The zero-order valence-electron chi connectivity index (χ0n) is 16.9. The quantitative estimate of drug-likeness (QED) is 0.810. The number of methoxy groups -OCH3 is 1. The molecule has 7 heteroatoms. The van der Waals surface area contributed by atoms with Crippen LogP contribution in [0.4, 0.5) is 10.5 Å². The van der Waals surface area contributed by atoms with Gasteiger partial charge in [-0.25, -0.2) is 4.79 Å². The van der Waals surface area contributed by atoms with Crippen molar-refractivity contribution in [3.05, 3.63) is 59.7 Å². The van der Waals surface area contributed by atoms with E-state index in [1.165, 1.54) is 5.56 Å². The van der Waals surface area contributed by atoms with Gasteiger partial charge < -0.3 is 14.4 Å². The van der Waals surface area contributed by atoms with Gasteiger partial charge in [0.2, 0.25) is 0 Å². The van der Waals surface area contributed by atoms with Crippen LogP contribution < -0.4 is 10.1 Å². The number of anilines is 1. The second-order valence-electron chi connectivity index (χ2n) is 6.84. The van der Waals surface area contributed by atoms with E-state index in [1.54, 1.807) is 38.3 Å². The molecule has 0 spiro atoms. The third-order valence-electron chi connectivity index (χ3n) is 4.86. The standard InChI is InChI=1S/C22H27N3O4/c1-3-29-22(27)23-19-6-4-5-18(15-19)21(26)25-13-11-24(12-14-25)16-17-7-9-20(28-2)10-8-17/h4-10,15H,3,11-14,16H2,1-2H3,(H,23,27). The molecule has 2 aromatic carbocycles. The topological polar surface area (TPSA) is 71.1 Å². The number of rotatable bonds is 6. The third kappa shape index (κ3) is 5.71. The molecule has 2 aromatic rings. The molecule has 0 aliphatic carbocycles. The Bertz CT molecular complexity index is 830. The van der Waals surface area contributed by atoms with E-state index in [0.717, 1.165) is 25.4 Å². The van der Waals surface area contributed by atoms with Crippen LogP contribution in [0.15, 0.2) is 48.5 Å². The van der Waals surface area contributed by atoms with Crippen LogP contribution in [0, 0.1) is 0 Å². The number of hydrogen-bond donors (Lipinski definition) is 1. The van der Waals surface area contributed by atoms with Crippen LogP contribution >= 0.6 is 0 Å². The van der Waals surface area contributed by atoms with Crippen LogP contribution in [0.3, 0.4) is 0 Å². The van der Waals surface area contributed by atoms with E-state index in [0.29, 0.717) is 30.9 Å². The van der Waals surface area contributed by atoms with Gasteiger partial charge in [0, 0.05) is 44.0 Å². The molecule has 0 bridgehead atoms. The molecule has 0 radical (unpaired) electrons. The first-order chi connectivity index (χ1) is 14.1. The molecule has 1 heterocycles. The predicted molar refractivity (Wildman–Crippen MR) is 111 cm³/mol. The molecule has 1 saturated heterocycles. The fourth-order valence-electron chi connectivity index (χ4n) is 3.30. The molecular formula is C22H27N3O4. The van der Waals surface area contributed by atoms with Gasteiger partial charge in [0.1, 0.15) is 5.75 Å². The molecule has 2 amide bonds. The highest BCUT2D eigenvalue weighted by atomic mass is 16.5. The third-order valence-corrected chi connectivity index (χ3v) is 4.86. The summed E-state index contributed by atoms with van der Waals surface area (Å²) in [6.45, 7) is 5.87. The number of ether oxygens (including phenoxy) is 2. The average Bonchev–Trinajstić information content (AvgIpc) is 2.75. The van der Waals surface area contributed by atoms with Crippen molar-refractivity contribution < 1.29 is 19.1 Å². The molecule has 1 fully saturated rings. The molecule has 1 aliphatic heterocycles. The van der Waals surface area contributed by atoms with Gasteiger partial charge in [-0.15, -0.1) is 0 Å². The fourth-order valence-corrected chi connectivity index (χ4v) is 3.30. The Balaban J connectivity index is 1.53. The van der Waals surface area contributed by atoms with Gasteiger partial charge in [0.15, 0.2) is 0 Å². The maximum absolute atomic E-state index is 12.8. The highest BCUT2D eigenvalue weighted by Gasteiger charge is 2.22. The number of benzene rings is 2. The minimum absolute atomic E-state index is 0.0263. The zero-order chi connectivity index (χ0) is 20.6. The number of amides is 2. The summed E-state index contributed by atoms with van der Waals surface area (Å²) in [6, 6.07) is 15.0. The minimum atomic E-state index is -0.524. The molecule has 1 aliphatic rings. The predicted octanol–water partition coefficient (Wildman–Crippen LogP) is 3.22. The highest BCUT2D eigenvalue weighted by Crippen LogP contribution is 2.17. The van der Waals surface area contributed by atoms with E-state index in [1.807, 2.05) is 17.0 Å². The normalized spacial score (nSPS) is 14.3. The molecule has 0 unspecified atom stereocenters. The Labute approximate surface area is 171 Å². The van der Waals surface area contributed by atoms with E-state index < -0.39 is 6.09 Å². The first-order valence-electron chi connectivity index (χ1n) is 9.77. The molecule has 0 saturated carbocycles. The van der Waals surface area contributed by atoms with Crippen molar-refractivity contribution in [3.63, 3.8) is 0 Å². The van der Waals surface area contributed by atoms with E-state index >= 15 is 0 Å². The summed E-state index contributed by atoms with van der Waals surface area (Å²) in [4.78, 5) is 28.6. The SMILES string of the molecule is CCOC(=O)Nc1cccc(C(=O)N2CCN(Cc3ccc(OC)cc3)CC2)c1. The smallest absolute Gasteiger partial charge is 0.411 e. The minimum Gasteiger partial charge on any atom is -0.497 e. The lowest BCUT2D eigenvalue weighted by Gasteiger charge is -2.34. The molecule has 0 aromatic heterocycles. The molecular weight excluding hydrogens is 370 g/mol. The van der Waals surface area contributed by atoms with Crippen molar-refractivity contribution in [2.75, 3.05) is 45.2 Å². The first kappa shape index (κ1) is 20.7. The number of nitrogens with zero attached hydrogens (tertiary/aromatic N) is 2. The van der Waals surface area contributed by atoms with Gasteiger partial charge in [0.05, 0.1) is 13.7 Å². The number of carbonyl (C=O) groups excluding carboxylic acids is 2. The van der Waals surface area contributed by atoms with Crippen LogP contribution in [0.25, 0.3) is 0 Å². The summed E-state index contributed by atoms with van der Waals surface area (Å²) in [5, 5.41) is 2.63. The Kier molecular flexibility index (Phi) is 7.08. The van der Waals surface area contributed by atoms with Crippen LogP contribution in [0.5, 0.6) is 5.75 Å². The van der Waals surface area contributed by atoms with E-state index in [9.17, 15) is 9.59 Å². The molecule has 1 N–H and O–H groups in total. The van der Waals surface area contributed by atoms with Crippen LogP contribution in [-0.4, -0.2) is 61.7 Å². The summed E-state index contributed by atoms with van der Waals surface area (Å²) >= 11 is 0. The van der Waals surface area contributed by atoms with Crippen LogP contribution in [-0.2, 0) is 11.3 Å². The maximum Gasteiger partial charge on any atom is 0.411 e. The van der Waals surface area contributed by atoms with Gasteiger partial charge in [-0.1, -0.05) is 18.2 Å². The molecule has 154 valence electrons. The van der Waals surface area contributed by atoms with E-state index in [-0.39, 0.29) is 5.91 Å². The van der Waals surface area contributed by atoms with Crippen molar-refractivity contribution in [1.29, 1.82) is 0 Å². The summed E-state index contributed by atoms with van der Waals surface area (Å²) in [7, 11) is 1.66. The molecule has 0 atom stereocenters. The van der Waals surface area contributed by atoms with Crippen molar-refractivity contribution in [2.24, 2.45) is 0 Å². The van der Waals surface area contributed by atoms with Crippen LogP contribution in [0.2, 0.25) is 0 Å². The van der Waals surface area contributed by atoms with E-state index in [4.69, 9.17) is 9.47 Å². The Hall–Kier alpha value is -3.06. The van der Waals surface area contributed by atoms with Gasteiger partial charge in [-0.3, -0.25) is 15.0 Å². The maximum atomic E-state index is 12.8. The molecule has 3 rings (SSSR count). The Morgan fingerprint density at radius 1 is 1.03 bits per heavy atom. The van der Waals surface area contributed by atoms with Gasteiger partial charge in [0.25, 0.3) is 5.91 Å². The monoisotopic (exact) mass is 397 g/mol. The fraction of sp³-hybridized carbons (Fsp3) is 0.364. The Morgan fingerprint density at radius 3 is 2.41 bits per heavy atom. The summed E-state index contributed by atoms with van der Waals surface area (Å²) in [5.41, 5.74) is 2.33. The first-order valence-corrected chi connectivity index (χ1v) is 9.77. The number of hydrogen-bond acceptors (Lipinski definition) is 5. The molecule has 7 nitrogen and oxygen atoms in total. The summed E-state index contributed by atoms with van der Waals surface area (Å²) < 4.78 is 10.1. The summed E-state index contributed by atoms with van der Waals surface area (Å²) in [5.74, 6) is 0.824. The van der Waals surface area contributed by atoms with Crippen LogP contribution in [0.1, 0.15) is 22.8 Å². The van der Waals surface area contributed by atoms with Crippen molar-refractivity contribution in [2.45, 2.75) is 13.5 Å².